The van der Waals surface area contributed by atoms with Gasteiger partial charge in [-0.15, -0.1) is 10.2 Å². The van der Waals surface area contributed by atoms with E-state index in [1.165, 1.54) is 36.0 Å². The van der Waals surface area contributed by atoms with E-state index >= 15 is 0 Å². The predicted molar refractivity (Wildman–Crippen MR) is 164 cm³/mol. The van der Waals surface area contributed by atoms with Gasteiger partial charge in [-0.3, -0.25) is 29.0 Å². The van der Waals surface area contributed by atoms with Crippen LogP contribution in [0.15, 0.2) is 76.8 Å². The second-order valence-electron chi connectivity index (χ2n) is 9.37. The number of halogens is 2. The maximum atomic E-state index is 13.6. The molecule has 1 amide bonds. The number of benzene rings is 2. The molecule has 1 aliphatic rings. The lowest BCUT2D eigenvalue weighted by molar-refractivity contribution is -0.384. The minimum Gasteiger partial charge on any atom is -0.505 e. The molecule has 5 aromatic rings. The predicted octanol–water partition coefficient (Wildman–Crippen LogP) is 6.63. The van der Waals surface area contributed by atoms with Gasteiger partial charge >= 0.3 is 5.91 Å². The molecule has 43 heavy (non-hydrogen) atoms. The van der Waals surface area contributed by atoms with Crippen LogP contribution in [0.5, 0.6) is 0 Å². The highest BCUT2D eigenvalue weighted by molar-refractivity contribution is 8.00. The molecule has 1 saturated heterocycles. The number of hydrogen-bond donors (Lipinski definition) is 1. The third kappa shape index (κ3) is 5.25. The number of hydrogen-bond acceptors (Lipinski definition) is 10. The molecule has 1 aliphatic heterocycles. The molecule has 11 nitrogen and oxygen atoms in total. The number of thioether (sulfide) groups is 1. The maximum Gasteiger partial charge on any atom is 0.301 e. The average Bonchev–Trinajstić information content (AvgIpc) is 3.66. The molecule has 1 fully saturated rings. The van der Waals surface area contributed by atoms with Gasteiger partial charge in [-0.25, -0.2) is 4.98 Å². The first-order valence-corrected chi connectivity index (χ1v) is 15.1. The smallest absolute Gasteiger partial charge is 0.301 e. The topological polar surface area (TPSA) is 144 Å². The fourth-order valence-electron chi connectivity index (χ4n) is 4.79. The van der Waals surface area contributed by atoms with Crippen molar-refractivity contribution in [2.24, 2.45) is 0 Å². The standard InChI is InChI=1S/C28H18Cl2N6O5S2/c1-14-22(34-11-3-2-4-20(34)31-14)24(37)21-23(15-6-9-18(10-7-15)36(40)41)35(26(39)25(21)38)27-32-33-28(43-27)42-13-16-5-8-17(29)12-19(16)30/h2-12,23,37H,13H2,1H3. The van der Waals surface area contributed by atoms with Gasteiger partial charge in [-0.1, -0.05) is 58.4 Å². The van der Waals surface area contributed by atoms with Gasteiger partial charge in [-0.2, -0.15) is 0 Å². The van der Waals surface area contributed by atoms with Crippen LogP contribution in [-0.4, -0.2) is 41.3 Å². The van der Waals surface area contributed by atoms with Crippen LogP contribution in [0.2, 0.25) is 10.0 Å². The van der Waals surface area contributed by atoms with Crippen LogP contribution in [0, 0.1) is 17.0 Å². The van der Waals surface area contributed by atoms with E-state index in [1.807, 2.05) is 0 Å². The third-order valence-electron chi connectivity index (χ3n) is 6.76. The van der Waals surface area contributed by atoms with Crippen molar-refractivity contribution in [3.63, 3.8) is 0 Å². The molecular formula is C28H18Cl2N6O5S2. The van der Waals surface area contributed by atoms with Gasteiger partial charge < -0.3 is 5.11 Å². The lowest BCUT2D eigenvalue weighted by atomic mass is 9.96. The number of pyridine rings is 1. The zero-order valence-corrected chi connectivity index (χ0v) is 25.1. The Kier molecular flexibility index (Phi) is 7.65. The molecule has 216 valence electrons. The Morgan fingerprint density at radius 2 is 1.88 bits per heavy atom. The van der Waals surface area contributed by atoms with Crippen molar-refractivity contribution < 1.29 is 19.6 Å². The van der Waals surface area contributed by atoms with E-state index in [0.29, 0.717) is 37.0 Å². The highest BCUT2D eigenvalue weighted by Crippen LogP contribution is 2.44. The molecule has 1 N–H and O–H groups in total. The number of nitrogens with zero attached hydrogens (tertiary/aromatic N) is 6. The molecule has 4 heterocycles. The van der Waals surface area contributed by atoms with E-state index in [9.17, 15) is 24.8 Å². The molecule has 2 aromatic carbocycles. The lowest BCUT2D eigenvalue weighted by Gasteiger charge is -2.22. The molecule has 3 aromatic heterocycles. The molecule has 0 saturated carbocycles. The molecule has 0 radical (unpaired) electrons. The van der Waals surface area contributed by atoms with E-state index in [4.69, 9.17) is 23.2 Å². The number of carbonyl (C=O) groups is 2. The second kappa shape index (κ2) is 11.4. The van der Waals surface area contributed by atoms with Crippen molar-refractivity contribution in [3.8, 4) is 0 Å². The molecule has 1 atom stereocenters. The Balaban J connectivity index is 1.44. The summed E-state index contributed by atoms with van der Waals surface area (Å²) in [5.74, 6) is -1.85. The lowest BCUT2D eigenvalue weighted by Crippen LogP contribution is -2.29. The number of aryl methyl sites for hydroxylation is 1. The summed E-state index contributed by atoms with van der Waals surface area (Å²) in [6.45, 7) is 1.68. The summed E-state index contributed by atoms with van der Waals surface area (Å²) in [4.78, 5) is 43.5. The van der Waals surface area contributed by atoms with Gasteiger partial charge in [0.1, 0.15) is 11.3 Å². The molecule has 15 heteroatoms. The van der Waals surface area contributed by atoms with Crippen LogP contribution in [0.4, 0.5) is 10.8 Å². The summed E-state index contributed by atoms with van der Waals surface area (Å²) in [6.07, 6.45) is 1.68. The zero-order chi connectivity index (χ0) is 30.4. The van der Waals surface area contributed by atoms with Gasteiger partial charge in [0.05, 0.1) is 22.2 Å². The number of aromatic nitrogens is 4. The van der Waals surface area contributed by atoms with E-state index in [-0.39, 0.29) is 22.1 Å². The third-order valence-corrected chi connectivity index (χ3v) is 9.45. The Labute approximate surface area is 261 Å². The average molecular weight is 654 g/mol. The summed E-state index contributed by atoms with van der Waals surface area (Å²) in [7, 11) is 0. The van der Waals surface area contributed by atoms with Gasteiger partial charge in [-0.05, 0) is 54.4 Å². The molecular weight excluding hydrogens is 635 g/mol. The van der Waals surface area contributed by atoms with Crippen molar-refractivity contribution in [2.75, 3.05) is 4.90 Å². The minimum absolute atomic E-state index is 0.115. The number of aliphatic hydroxyl groups is 1. The normalized spacial score (nSPS) is 16.3. The summed E-state index contributed by atoms with van der Waals surface area (Å²) >= 11 is 14.7. The van der Waals surface area contributed by atoms with Crippen molar-refractivity contribution in [1.82, 2.24) is 19.6 Å². The summed E-state index contributed by atoms with van der Waals surface area (Å²) < 4.78 is 2.12. The first-order chi connectivity index (χ1) is 20.6. The number of anilines is 1. The Morgan fingerprint density at radius 1 is 1.12 bits per heavy atom. The first kappa shape index (κ1) is 28.8. The number of fused-ring (bicyclic) bond motifs is 1. The maximum absolute atomic E-state index is 13.6. The first-order valence-electron chi connectivity index (χ1n) is 12.5. The largest absolute Gasteiger partial charge is 0.505 e. The Morgan fingerprint density at radius 3 is 2.60 bits per heavy atom. The van der Waals surface area contributed by atoms with Gasteiger partial charge in [0, 0.05) is 34.1 Å². The number of aliphatic hydroxyl groups excluding tert-OH is 1. The number of non-ortho nitro benzene ring substituents is 1. The van der Waals surface area contributed by atoms with Crippen LogP contribution in [0.3, 0.4) is 0 Å². The zero-order valence-electron chi connectivity index (χ0n) is 22.0. The van der Waals surface area contributed by atoms with Crippen LogP contribution in [-0.2, 0) is 15.3 Å². The number of ketones is 1. The van der Waals surface area contributed by atoms with Crippen LogP contribution in [0.25, 0.3) is 11.4 Å². The molecule has 1 unspecified atom stereocenters. The quantitative estimate of drug-likeness (QED) is 0.0389. The number of rotatable bonds is 7. The highest BCUT2D eigenvalue weighted by atomic mass is 35.5. The number of imidazole rings is 1. The Hall–Kier alpha value is -4.30. The molecule has 0 bridgehead atoms. The van der Waals surface area contributed by atoms with E-state index < -0.39 is 28.4 Å². The van der Waals surface area contributed by atoms with Crippen LogP contribution >= 0.6 is 46.3 Å². The van der Waals surface area contributed by atoms with Crippen molar-refractivity contribution in [2.45, 2.75) is 23.1 Å². The van der Waals surface area contributed by atoms with Gasteiger partial charge in [0.25, 0.3) is 11.5 Å². The number of Topliss-reactive ketones (excluding diaryl/α,β-unsaturated/α-hetero) is 1. The Bertz CT molecular complexity index is 1970. The molecule has 0 spiro atoms. The van der Waals surface area contributed by atoms with E-state index in [2.05, 4.69) is 15.2 Å². The van der Waals surface area contributed by atoms with E-state index in [1.54, 1.807) is 53.9 Å². The van der Waals surface area contributed by atoms with Crippen LogP contribution < -0.4 is 4.90 Å². The highest BCUT2D eigenvalue weighted by Gasteiger charge is 2.49. The number of carbonyl (C=O) groups excluding carboxylic acids is 2. The van der Waals surface area contributed by atoms with Gasteiger partial charge in [0.15, 0.2) is 10.1 Å². The van der Waals surface area contributed by atoms with Crippen molar-refractivity contribution in [3.05, 3.63) is 115 Å². The summed E-state index contributed by atoms with van der Waals surface area (Å²) in [6, 6.07) is 14.7. The fraction of sp³-hybridized carbons (Fsp3) is 0.107. The molecule has 6 rings (SSSR count). The summed E-state index contributed by atoms with van der Waals surface area (Å²) in [5.41, 5.74) is 2.02. The van der Waals surface area contributed by atoms with Crippen molar-refractivity contribution >= 4 is 80.2 Å². The number of amides is 1. The van der Waals surface area contributed by atoms with Crippen LogP contribution in [0.1, 0.15) is 28.6 Å². The number of nitro groups is 1. The van der Waals surface area contributed by atoms with E-state index in [0.717, 1.165) is 21.8 Å². The molecule has 0 aliphatic carbocycles. The van der Waals surface area contributed by atoms with Crippen molar-refractivity contribution in [1.29, 1.82) is 0 Å². The second-order valence-corrected chi connectivity index (χ2v) is 12.4. The minimum atomic E-state index is -1.15. The fourth-order valence-corrected chi connectivity index (χ4v) is 7.21. The SMILES string of the molecule is Cc1nc2ccccn2c1C(O)=C1C(=O)C(=O)N(c2nnc(SCc3ccc(Cl)cc3Cl)s2)C1c1ccc([N+](=O)[O-])cc1. The monoisotopic (exact) mass is 652 g/mol. The summed E-state index contributed by atoms with van der Waals surface area (Å²) in [5, 5.41) is 32.5. The number of nitro benzene ring substituents is 1. The van der Waals surface area contributed by atoms with Gasteiger partial charge in [0.2, 0.25) is 5.13 Å².